The number of nitrogens with one attached hydrogen (secondary N) is 1. The minimum absolute atomic E-state index is 0.0277. The first-order valence-corrected chi connectivity index (χ1v) is 5.72. The molecular weight excluding hydrogens is 262 g/mol. The average Bonchev–Trinajstić information content (AvgIpc) is 2.92. The number of furan rings is 1. The summed E-state index contributed by atoms with van der Waals surface area (Å²) >= 11 is 0. The van der Waals surface area contributed by atoms with E-state index in [0.29, 0.717) is 11.5 Å². The second-order valence-electron chi connectivity index (χ2n) is 3.88. The Morgan fingerprint density at radius 1 is 1.20 bits per heavy atom. The van der Waals surface area contributed by atoms with Crippen molar-refractivity contribution in [3.05, 3.63) is 53.5 Å². The van der Waals surface area contributed by atoms with Crippen LogP contribution in [0.5, 0.6) is 5.75 Å². The molecule has 0 bridgehead atoms. The van der Waals surface area contributed by atoms with E-state index in [9.17, 15) is 9.59 Å². The summed E-state index contributed by atoms with van der Waals surface area (Å²) in [5, 5.41) is 0. The van der Waals surface area contributed by atoms with Crippen molar-refractivity contribution < 1.29 is 18.7 Å². The molecule has 1 aromatic carbocycles. The number of nitrogen functional groups attached to an aromatic ring is 1. The third-order valence-corrected chi connectivity index (χ3v) is 2.63. The number of amides is 2. The molecule has 1 heterocycles. The van der Waals surface area contributed by atoms with E-state index in [1.807, 2.05) is 5.43 Å². The molecule has 0 spiro atoms. The average molecular weight is 275 g/mol. The number of hydrogen-bond acceptors (Lipinski definition) is 5. The zero-order valence-corrected chi connectivity index (χ0v) is 10.5. The normalized spacial score (nSPS) is 10.1. The van der Waals surface area contributed by atoms with Gasteiger partial charge in [-0.05, 0) is 18.2 Å². The molecule has 20 heavy (non-hydrogen) atoms. The van der Waals surface area contributed by atoms with Gasteiger partial charge in [-0.3, -0.25) is 15.0 Å². The van der Waals surface area contributed by atoms with Crippen LogP contribution in [-0.2, 0) is 6.61 Å². The number of nitrogens with two attached hydrogens (primary N) is 2. The van der Waals surface area contributed by atoms with Crippen LogP contribution < -0.4 is 21.7 Å². The van der Waals surface area contributed by atoms with E-state index in [1.165, 1.54) is 12.3 Å². The number of rotatable bonds is 5. The Labute approximate surface area is 114 Å². The number of hydrogen-bond donors (Lipinski definition) is 3. The highest BCUT2D eigenvalue weighted by Crippen LogP contribution is 2.20. The van der Waals surface area contributed by atoms with E-state index in [1.54, 1.807) is 24.3 Å². The molecule has 0 aliphatic heterocycles. The fourth-order valence-electron chi connectivity index (χ4n) is 1.67. The minimum atomic E-state index is -0.597. The molecule has 0 radical (unpaired) electrons. The van der Waals surface area contributed by atoms with E-state index in [4.69, 9.17) is 20.7 Å². The molecule has 1 aromatic heterocycles. The summed E-state index contributed by atoms with van der Waals surface area (Å²) in [4.78, 5) is 22.7. The quantitative estimate of drug-likeness (QED) is 0.418. The Kier molecular flexibility index (Phi) is 4.02. The molecule has 7 heteroatoms. The summed E-state index contributed by atoms with van der Waals surface area (Å²) in [5.74, 6) is 4.59. The lowest BCUT2D eigenvalue weighted by molar-refractivity contribution is 0.0946. The molecule has 2 aromatic rings. The van der Waals surface area contributed by atoms with Crippen LogP contribution in [0.3, 0.4) is 0 Å². The number of para-hydroxylation sites is 1. The highest BCUT2D eigenvalue weighted by molar-refractivity contribution is 5.96. The molecular formula is C13H13N3O4. The first-order valence-electron chi connectivity index (χ1n) is 5.72. The molecule has 0 atom stereocenters. The summed E-state index contributed by atoms with van der Waals surface area (Å²) in [6.07, 6.45) is 1.35. The molecule has 7 nitrogen and oxygen atoms in total. The number of hydrazine groups is 1. The van der Waals surface area contributed by atoms with Gasteiger partial charge in [-0.15, -0.1) is 0 Å². The first kappa shape index (κ1) is 13.6. The Hall–Kier alpha value is -2.80. The number of benzene rings is 1. The Balaban J connectivity index is 2.16. The van der Waals surface area contributed by atoms with Crippen molar-refractivity contribution in [1.29, 1.82) is 0 Å². The smallest absolute Gasteiger partial charge is 0.268 e. The van der Waals surface area contributed by atoms with E-state index in [2.05, 4.69) is 0 Å². The Morgan fingerprint density at radius 2 is 1.95 bits per heavy atom. The van der Waals surface area contributed by atoms with Crippen LogP contribution in [0.25, 0.3) is 0 Å². The summed E-state index contributed by atoms with van der Waals surface area (Å²) in [5.41, 5.74) is 7.77. The van der Waals surface area contributed by atoms with Gasteiger partial charge in [0.05, 0.1) is 17.4 Å². The predicted molar refractivity (Wildman–Crippen MR) is 69.7 cm³/mol. The van der Waals surface area contributed by atoms with Gasteiger partial charge in [-0.1, -0.05) is 12.1 Å². The summed E-state index contributed by atoms with van der Waals surface area (Å²) in [6, 6.07) is 8.00. The molecule has 0 saturated heterocycles. The number of carbonyl (C=O) groups excluding carboxylic acids is 2. The van der Waals surface area contributed by atoms with Gasteiger partial charge < -0.3 is 14.9 Å². The van der Waals surface area contributed by atoms with E-state index >= 15 is 0 Å². The summed E-state index contributed by atoms with van der Waals surface area (Å²) < 4.78 is 10.6. The maximum absolute atomic E-state index is 11.5. The zero-order valence-electron chi connectivity index (χ0n) is 10.5. The molecule has 5 N–H and O–H groups in total. The Morgan fingerprint density at radius 3 is 2.65 bits per heavy atom. The lowest BCUT2D eigenvalue weighted by atomic mass is 10.2. The third-order valence-electron chi connectivity index (χ3n) is 2.63. The van der Waals surface area contributed by atoms with Crippen LogP contribution in [0.4, 0.5) is 0 Å². The fraction of sp³-hybridized carbons (Fsp3) is 0.0769. The van der Waals surface area contributed by atoms with Gasteiger partial charge in [0.2, 0.25) is 0 Å². The van der Waals surface area contributed by atoms with Crippen molar-refractivity contribution in [1.82, 2.24) is 5.43 Å². The molecule has 0 aliphatic rings. The molecule has 2 amide bonds. The second kappa shape index (κ2) is 5.89. The molecule has 0 saturated carbocycles. The highest BCUT2D eigenvalue weighted by Gasteiger charge is 2.15. The highest BCUT2D eigenvalue weighted by atomic mass is 16.5. The molecule has 2 rings (SSSR count). The minimum Gasteiger partial charge on any atom is -0.485 e. The van der Waals surface area contributed by atoms with Crippen LogP contribution >= 0.6 is 0 Å². The van der Waals surface area contributed by atoms with Gasteiger partial charge in [0.15, 0.2) is 5.76 Å². The zero-order chi connectivity index (χ0) is 14.5. The van der Waals surface area contributed by atoms with E-state index < -0.39 is 11.8 Å². The maximum Gasteiger partial charge on any atom is 0.268 e. The molecule has 104 valence electrons. The van der Waals surface area contributed by atoms with Crippen LogP contribution in [0, 0.1) is 0 Å². The lowest BCUT2D eigenvalue weighted by Crippen LogP contribution is -2.30. The number of carbonyl (C=O) groups is 2. The first-order chi connectivity index (χ1) is 9.63. The van der Waals surface area contributed by atoms with Crippen LogP contribution in [0.2, 0.25) is 0 Å². The summed E-state index contributed by atoms with van der Waals surface area (Å²) in [6.45, 7) is -0.0277. The van der Waals surface area contributed by atoms with Gasteiger partial charge in [-0.25, -0.2) is 5.84 Å². The lowest BCUT2D eigenvalue weighted by Gasteiger charge is -2.08. The van der Waals surface area contributed by atoms with Crippen molar-refractivity contribution >= 4 is 11.8 Å². The molecule has 0 unspecified atom stereocenters. The molecule has 0 fully saturated rings. The van der Waals surface area contributed by atoms with Crippen LogP contribution in [0.1, 0.15) is 26.5 Å². The number of ether oxygens (including phenoxy) is 1. The van der Waals surface area contributed by atoms with Crippen molar-refractivity contribution in [3.8, 4) is 5.75 Å². The van der Waals surface area contributed by atoms with Crippen molar-refractivity contribution in [3.63, 3.8) is 0 Å². The van der Waals surface area contributed by atoms with Gasteiger partial charge in [0, 0.05) is 0 Å². The molecule has 0 aliphatic carbocycles. The largest absolute Gasteiger partial charge is 0.485 e. The SMILES string of the molecule is NNC(=O)c1ccoc1COc1ccccc1C(N)=O. The van der Waals surface area contributed by atoms with Gasteiger partial charge in [0.25, 0.3) is 11.8 Å². The second-order valence-corrected chi connectivity index (χ2v) is 3.88. The van der Waals surface area contributed by atoms with Crippen molar-refractivity contribution in [2.24, 2.45) is 11.6 Å². The van der Waals surface area contributed by atoms with Gasteiger partial charge in [0.1, 0.15) is 12.4 Å². The van der Waals surface area contributed by atoms with Crippen LogP contribution in [0.15, 0.2) is 41.0 Å². The summed E-state index contributed by atoms with van der Waals surface area (Å²) in [7, 11) is 0. The van der Waals surface area contributed by atoms with Crippen molar-refractivity contribution in [2.45, 2.75) is 6.61 Å². The Bertz CT molecular complexity index is 636. The monoisotopic (exact) mass is 275 g/mol. The van der Waals surface area contributed by atoms with Gasteiger partial charge in [-0.2, -0.15) is 0 Å². The van der Waals surface area contributed by atoms with Gasteiger partial charge >= 0.3 is 0 Å². The fourth-order valence-corrected chi connectivity index (χ4v) is 1.67. The maximum atomic E-state index is 11.5. The topological polar surface area (TPSA) is 121 Å². The van der Waals surface area contributed by atoms with E-state index in [-0.39, 0.29) is 17.7 Å². The van der Waals surface area contributed by atoms with Crippen molar-refractivity contribution in [2.75, 3.05) is 0 Å². The standard InChI is InChI=1S/C13H13N3O4/c14-12(17)8-3-1-2-4-10(8)20-7-11-9(5-6-19-11)13(18)16-15/h1-6H,7,15H2,(H2,14,17)(H,16,18). The number of primary amides is 1. The van der Waals surface area contributed by atoms with E-state index in [0.717, 1.165) is 0 Å². The third kappa shape index (κ3) is 2.78. The van der Waals surface area contributed by atoms with Crippen LogP contribution in [-0.4, -0.2) is 11.8 Å². The predicted octanol–water partition coefficient (Wildman–Crippen LogP) is 0.561.